The van der Waals surface area contributed by atoms with E-state index in [1.54, 1.807) is 19.9 Å². The first kappa shape index (κ1) is 16.5. The monoisotopic (exact) mass is 415 g/mol. The van der Waals surface area contributed by atoms with Crippen molar-refractivity contribution in [2.24, 2.45) is 0 Å². The molecule has 0 saturated heterocycles. The minimum absolute atomic E-state index is 0.239. The van der Waals surface area contributed by atoms with Crippen molar-refractivity contribution in [1.29, 1.82) is 0 Å². The van der Waals surface area contributed by atoms with E-state index in [-0.39, 0.29) is 12.6 Å². The topological polar surface area (TPSA) is 57.6 Å². The van der Waals surface area contributed by atoms with Gasteiger partial charge in [-0.1, -0.05) is 23.2 Å². The summed E-state index contributed by atoms with van der Waals surface area (Å²) >= 11 is 13.8. The van der Waals surface area contributed by atoms with Gasteiger partial charge in [-0.3, -0.25) is 9.59 Å². The molecular formula is C12H12Cl2INO3. The highest BCUT2D eigenvalue weighted by atomic mass is 127. The Kier molecular flexibility index (Phi) is 5.88. The lowest BCUT2D eigenvalue weighted by Crippen LogP contribution is -2.41. The molecule has 19 heavy (non-hydrogen) atoms. The van der Waals surface area contributed by atoms with Crippen LogP contribution in [0.1, 0.15) is 24.2 Å². The number of halogens is 3. The van der Waals surface area contributed by atoms with Gasteiger partial charge in [0.2, 0.25) is 0 Å². The first-order valence-corrected chi connectivity index (χ1v) is 7.24. The Morgan fingerprint density at radius 2 is 1.95 bits per heavy atom. The van der Waals surface area contributed by atoms with E-state index < -0.39 is 11.9 Å². The molecule has 0 atom stereocenters. The van der Waals surface area contributed by atoms with Crippen LogP contribution < -0.4 is 0 Å². The van der Waals surface area contributed by atoms with Gasteiger partial charge in [-0.2, -0.15) is 0 Å². The molecule has 0 spiro atoms. The molecule has 0 bridgehead atoms. The van der Waals surface area contributed by atoms with Gasteiger partial charge < -0.3 is 10.0 Å². The first-order valence-electron chi connectivity index (χ1n) is 5.41. The average molecular weight is 416 g/mol. The van der Waals surface area contributed by atoms with E-state index >= 15 is 0 Å². The quantitative estimate of drug-likeness (QED) is 0.604. The molecule has 1 N–H and O–H groups in total. The molecule has 0 aliphatic carbocycles. The maximum Gasteiger partial charge on any atom is 0.323 e. The number of carboxylic acids is 1. The normalized spacial score (nSPS) is 10.6. The highest BCUT2D eigenvalue weighted by Crippen LogP contribution is 2.28. The second kappa shape index (κ2) is 6.76. The molecule has 1 aromatic carbocycles. The molecule has 0 fully saturated rings. The van der Waals surface area contributed by atoms with Crippen LogP contribution >= 0.6 is 45.8 Å². The zero-order chi connectivity index (χ0) is 14.7. The zero-order valence-corrected chi connectivity index (χ0v) is 14.0. The molecule has 0 aliphatic heterocycles. The van der Waals surface area contributed by atoms with Crippen molar-refractivity contribution in [2.45, 2.75) is 19.9 Å². The molecule has 4 nitrogen and oxygen atoms in total. The Bertz CT molecular complexity index is 520. The van der Waals surface area contributed by atoms with Crippen LogP contribution in [0.15, 0.2) is 12.1 Å². The summed E-state index contributed by atoms with van der Waals surface area (Å²) in [5.41, 5.74) is 0.313. The Labute approximate surface area is 134 Å². The summed E-state index contributed by atoms with van der Waals surface area (Å²) in [5.74, 6) is -1.46. The Hall–Kier alpha value is -0.530. The van der Waals surface area contributed by atoms with E-state index in [0.717, 1.165) is 0 Å². The van der Waals surface area contributed by atoms with Crippen LogP contribution in [0.3, 0.4) is 0 Å². The number of rotatable bonds is 4. The van der Waals surface area contributed by atoms with Gasteiger partial charge in [-0.25, -0.2) is 0 Å². The number of amides is 1. The van der Waals surface area contributed by atoms with Crippen LogP contribution in [0.25, 0.3) is 0 Å². The third-order valence-electron chi connectivity index (χ3n) is 2.41. The summed E-state index contributed by atoms with van der Waals surface area (Å²) in [5, 5.41) is 9.57. The van der Waals surface area contributed by atoms with Gasteiger partial charge in [0.05, 0.1) is 10.6 Å². The zero-order valence-electron chi connectivity index (χ0n) is 10.3. The molecule has 1 amide bonds. The molecule has 1 aromatic rings. The fourth-order valence-corrected chi connectivity index (χ4v) is 2.54. The second-order valence-corrected chi connectivity index (χ2v) is 6.09. The van der Waals surface area contributed by atoms with Crippen molar-refractivity contribution in [2.75, 3.05) is 6.54 Å². The largest absolute Gasteiger partial charge is 0.480 e. The molecule has 0 heterocycles. The van der Waals surface area contributed by atoms with Crippen LogP contribution in [0, 0.1) is 3.57 Å². The lowest BCUT2D eigenvalue weighted by Gasteiger charge is -2.25. The van der Waals surface area contributed by atoms with Crippen molar-refractivity contribution in [3.63, 3.8) is 0 Å². The van der Waals surface area contributed by atoms with E-state index in [1.165, 1.54) is 11.0 Å². The van der Waals surface area contributed by atoms with Crippen LogP contribution in [0.2, 0.25) is 10.0 Å². The number of carboxylic acid groups (broad SMARTS) is 1. The first-order chi connectivity index (χ1) is 8.73. The summed E-state index contributed by atoms with van der Waals surface area (Å²) in [7, 11) is 0. The van der Waals surface area contributed by atoms with Gasteiger partial charge in [0.25, 0.3) is 5.91 Å². The Morgan fingerprint density at radius 1 is 1.37 bits per heavy atom. The van der Waals surface area contributed by atoms with Gasteiger partial charge >= 0.3 is 5.97 Å². The number of carbonyl (C=O) groups excluding carboxylic acids is 1. The fourth-order valence-electron chi connectivity index (χ4n) is 1.50. The Morgan fingerprint density at radius 3 is 2.42 bits per heavy atom. The van der Waals surface area contributed by atoms with Crippen molar-refractivity contribution >= 4 is 57.7 Å². The van der Waals surface area contributed by atoms with Crippen molar-refractivity contribution in [1.82, 2.24) is 4.90 Å². The van der Waals surface area contributed by atoms with Gasteiger partial charge in [-0.05, 0) is 48.6 Å². The standard InChI is InChI=1S/C12H12Cl2INO3/c1-6(2)16(5-10(17)18)12(19)8-3-7(13)4-9(14)11(8)15/h3-4,6H,5H2,1-2H3,(H,17,18). The predicted molar refractivity (Wildman–Crippen MR) is 83.0 cm³/mol. The van der Waals surface area contributed by atoms with E-state index in [9.17, 15) is 9.59 Å². The van der Waals surface area contributed by atoms with E-state index in [1.807, 2.05) is 22.6 Å². The highest BCUT2D eigenvalue weighted by Gasteiger charge is 2.24. The molecule has 104 valence electrons. The van der Waals surface area contributed by atoms with Crippen molar-refractivity contribution in [3.8, 4) is 0 Å². The molecule has 1 rings (SSSR count). The fraction of sp³-hybridized carbons (Fsp3) is 0.333. The molecule has 0 radical (unpaired) electrons. The number of hydrogen-bond acceptors (Lipinski definition) is 2. The van der Waals surface area contributed by atoms with Crippen molar-refractivity contribution < 1.29 is 14.7 Å². The third-order valence-corrected chi connectivity index (χ3v) is 4.41. The molecular weight excluding hydrogens is 404 g/mol. The number of aliphatic carboxylic acids is 1. The van der Waals surface area contributed by atoms with E-state index in [4.69, 9.17) is 28.3 Å². The number of hydrogen-bond donors (Lipinski definition) is 1. The summed E-state index contributed by atoms with van der Waals surface area (Å²) in [6.45, 7) is 3.14. The summed E-state index contributed by atoms with van der Waals surface area (Å²) in [4.78, 5) is 24.5. The number of nitrogens with zero attached hydrogens (tertiary/aromatic N) is 1. The van der Waals surface area contributed by atoms with Gasteiger partial charge in [-0.15, -0.1) is 0 Å². The summed E-state index contributed by atoms with van der Waals surface area (Å²) in [6.07, 6.45) is 0. The molecule has 0 aromatic heterocycles. The van der Waals surface area contributed by atoms with Crippen LogP contribution in [-0.4, -0.2) is 34.5 Å². The summed E-state index contributed by atoms with van der Waals surface area (Å²) < 4.78 is 0.560. The van der Waals surface area contributed by atoms with Crippen molar-refractivity contribution in [3.05, 3.63) is 31.3 Å². The lowest BCUT2D eigenvalue weighted by atomic mass is 10.1. The smallest absolute Gasteiger partial charge is 0.323 e. The van der Waals surface area contributed by atoms with Gasteiger partial charge in [0.1, 0.15) is 6.54 Å². The maximum absolute atomic E-state index is 12.4. The third kappa shape index (κ3) is 4.22. The number of carbonyl (C=O) groups is 2. The summed E-state index contributed by atoms with van der Waals surface area (Å²) in [6, 6.07) is 2.80. The minimum Gasteiger partial charge on any atom is -0.480 e. The maximum atomic E-state index is 12.4. The van der Waals surface area contributed by atoms with Crippen LogP contribution in [0.4, 0.5) is 0 Å². The average Bonchev–Trinajstić information content (AvgIpc) is 2.29. The molecule has 0 saturated carbocycles. The predicted octanol–water partition coefficient (Wildman–Crippen LogP) is 3.53. The van der Waals surface area contributed by atoms with Gasteiger partial charge in [0, 0.05) is 14.6 Å². The van der Waals surface area contributed by atoms with Crippen LogP contribution in [0.5, 0.6) is 0 Å². The molecule has 0 aliphatic rings. The van der Waals surface area contributed by atoms with Crippen LogP contribution in [-0.2, 0) is 4.79 Å². The lowest BCUT2D eigenvalue weighted by molar-refractivity contribution is -0.138. The number of benzene rings is 1. The highest BCUT2D eigenvalue weighted by molar-refractivity contribution is 14.1. The Balaban J connectivity index is 3.20. The molecule has 7 heteroatoms. The molecule has 0 unspecified atom stereocenters. The SMILES string of the molecule is CC(C)N(CC(=O)O)C(=O)c1cc(Cl)cc(Cl)c1I. The van der Waals surface area contributed by atoms with E-state index in [0.29, 0.717) is 19.2 Å². The van der Waals surface area contributed by atoms with Gasteiger partial charge in [0.15, 0.2) is 0 Å². The second-order valence-electron chi connectivity index (χ2n) is 4.17. The van der Waals surface area contributed by atoms with E-state index in [2.05, 4.69) is 0 Å². The minimum atomic E-state index is -1.06.